The molecular weight excluding hydrogens is 256 g/mol. The molecule has 1 aromatic rings. The minimum Gasteiger partial charge on any atom is -0.388 e. The second kappa shape index (κ2) is 5.04. The van der Waals surface area contributed by atoms with Gasteiger partial charge in [0.25, 0.3) is 0 Å². The van der Waals surface area contributed by atoms with Gasteiger partial charge in [0.15, 0.2) is 0 Å². The molecule has 3 N–H and O–H groups in total. The van der Waals surface area contributed by atoms with E-state index in [-0.39, 0.29) is 0 Å². The zero-order valence-electron chi connectivity index (χ0n) is 11.2. The van der Waals surface area contributed by atoms with Gasteiger partial charge in [-0.1, -0.05) is 18.6 Å². The molecule has 0 spiro atoms. The van der Waals surface area contributed by atoms with Crippen molar-refractivity contribution in [3.05, 3.63) is 18.0 Å². The van der Waals surface area contributed by atoms with Crippen LogP contribution in [0.25, 0.3) is 0 Å². The third-order valence-corrected chi connectivity index (χ3v) is 4.91. The quantitative estimate of drug-likeness (QED) is 0.827. The fourth-order valence-corrected chi connectivity index (χ4v) is 3.90. The summed E-state index contributed by atoms with van der Waals surface area (Å²) in [6.07, 6.45) is 7.31. The maximum atomic E-state index is 5.60. The Morgan fingerprint density at radius 2 is 2.32 bits per heavy atom. The highest BCUT2D eigenvalue weighted by Gasteiger charge is 2.41. The van der Waals surface area contributed by atoms with Gasteiger partial charge in [-0.15, -0.1) is 0 Å². The predicted octanol–water partition coefficient (Wildman–Crippen LogP) is 2.35. The fourth-order valence-electron chi connectivity index (χ4n) is 3.78. The van der Waals surface area contributed by atoms with Crippen molar-refractivity contribution in [2.75, 3.05) is 5.32 Å². The zero-order chi connectivity index (χ0) is 13.4. The summed E-state index contributed by atoms with van der Waals surface area (Å²) < 4.78 is 0. The number of nitrogens with two attached hydrogens (primary N) is 1. The number of hydrogen-bond acceptors (Lipinski definition) is 4. The normalized spacial score (nSPS) is 30.3. The number of rotatable bonds is 4. The number of thiocarbonyl (C=S) groups is 1. The van der Waals surface area contributed by atoms with E-state index in [9.17, 15) is 0 Å². The molecule has 1 aromatic heterocycles. The molecule has 0 saturated heterocycles. The van der Waals surface area contributed by atoms with Crippen molar-refractivity contribution in [1.29, 1.82) is 0 Å². The van der Waals surface area contributed by atoms with E-state index in [4.69, 9.17) is 18.0 Å². The highest BCUT2D eigenvalue weighted by atomic mass is 32.1. The van der Waals surface area contributed by atoms with Crippen LogP contribution in [0.1, 0.15) is 38.3 Å². The van der Waals surface area contributed by atoms with Crippen LogP contribution in [-0.4, -0.2) is 21.0 Å². The molecule has 4 atom stereocenters. The lowest BCUT2D eigenvalue weighted by Crippen LogP contribution is -2.31. The first kappa shape index (κ1) is 12.8. The Morgan fingerprint density at radius 1 is 1.47 bits per heavy atom. The van der Waals surface area contributed by atoms with Crippen LogP contribution < -0.4 is 11.1 Å². The standard InChI is InChI=1S/C14H20N4S/c1-8(11-7-9-2-3-10(11)6-9)17-14-16-5-4-12(18-14)13(15)19/h4-5,8-11H,2-3,6-7H2,1H3,(H2,15,19)(H,16,17,18). The minimum absolute atomic E-state index is 0.318. The summed E-state index contributed by atoms with van der Waals surface area (Å²) in [4.78, 5) is 8.93. The van der Waals surface area contributed by atoms with Gasteiger partial charge < -0.3 is 11.1 Å². The fraction of sp³-hybridized carbons (Fsp3) is 0.643. The molecule has 0 aliphatic heterocycles. The van der Waals surface area contributed by atoms with Crippen molar-refractivity contribution in [3.8, 4) is 0 Å². The van der Waals surface area contributed by atoms with Crippen molar-refractivity contribution in [2.45, 2.75) is 38.6 Å². The molecule has 102 valence electrons. The molecule has 2 saturated carbocycles. The number of fused-ring (bicyclic) bond motifs is 2. The first-order valence-corrected chi connectivity index (χ1v) is 7.43. The molecule has 4 unspecified atom stereocenters. The minimum atomic E-state index is 0.318. The van der Waals surface area contributed by atoms with E-state index in [2.05, 4.69) is 22.2 Å². The summed E-state index contributed by atoms with van der Waals surface area (Å²) in [5, 5.41) is 3.43. The summed E-state index contributed by atoms with van der Waals surface area (Å²) in [6.45, 7) is 2.24. The van der Waals surface area contributed by atoms with E-state index in [1.54, 1.807) is 12.3 Å². The first-order valence-electron chi connectivity index (χ1n) is 7.03. The third kappa shape index (κ3) is 2.56. The highest BCUT2D eigenvalue weighted by Crippen LogP contribution is 2.49. The van der Waals surface area contributed by atoms with E-state index < -0.39 is 0 Å². The Hall–Kier alpha value is -1.23. The Labute approximate surface area is 119 Å². The molecule has 2 bridgehead atoms. The molecule has 1 heterocycles. The van der Waals surface area contributed by atoms with Crippen LogP contribution >= 0.6 is 12.2 Å². The van der Waals surface area contributed by atoms with Crippen molar-refractivity contribution in [1.82, 2.24) is 9.97 Å². The van der Waals surface area contributed by atoms with Gasteiger partial charge in [-0.2, -0.15) is 0 Å². The third-order valence-electron chi connectivity index (χ3n) is 4.70. The van der Waals surface area contributed by atoms with Crippen LogP contribution in [0.2, 0.25) is 0 Å². The van der Waals surface area contributed by atoms with Crippen molar-refractivity contribution in [3.63, 3.8) is 0 Å². The van der Waals surface area contributed by atoms with Crippen molar-refractivity contribution >= 4 is 23.2 Å². The van der Waals surface area contributed by atoms with E-state index in [1.165, 1.54) is 25.7 Å². The van der Waals surface area contributed by atoms with Gasteiger partial charge in [0.2, 0.25) is 5.95 Å². The molecule has 3 rings (SSSR count). The summed E-state index contributed by atoms with van der Waals surface area (Å²) in [7, 11) is 0. The number of hydrogen-bond donors (Lipinski definition) is 2. The first-order chi connectivity index (χ1) is 9.13. The van der Waals surface area contributed by atoms with Crippen LogP contribution in [0.15, 0.2) is 12.3 Å². The SMILES string of the molecule is CC(Nc1nccc(C(N)=S)n1)C1CC2CCC1C2. The summed E-state index contributed by atoms with van der Waals surface area (Å²) in [6, 6.07) is 2.16. The Balaban J connectivity index is 1.67. The van der Waals surface area contributed by atoms with Gasteiger partial charge in [0.05, 0.1) is 0 Å². The Bertz CT molecular complexity index is 490. The molecule has 19 heavy (non-hydrogen) atoms. The Kier molecular flexibility index (Phi) is 3.39. The van der Waals surface area contributed by atoms with Gasteiger partial charge in [-0.05, 0) is 50.0 Å². The van der Waals surface area contributed by atoms with Crippen LogP contribution in [-0.2, 0) is 0 Å². The van der Waals surface area contributed by atoms with E-state index >= 15 is 0 Å². The average molecular weight is 276 g/mol. The maximum absolute atomic E-state index is 5.60. The van der Waals surface area contributed by atoms with Crippen LogP contribution in [0, 0.1) is 17.8 Å². The van der Waals surface area contributed by atoms with Gasteiger partial charge >= 0.3 is 0 Å². The van der Waals surface area contributed by atoms with Crippen LogP contribution in [0.5, 0.6) is 0 Å². The number of nitrogens with one attached hydrogen (secondary N) is 1. The Morgan fingerprint density at radius 3 is 2.95 bits per heavy atom. The van der Waals surface area contributed by atoms with E-state index in [1.807, 2.05) is 0 Å². The van der Waals surface area contributed by atoms with E-state index in [0.717, 1.165) is 17.8 Å². The largest absolute Gasteiger partial charge is 0.388 e. The lowest BCUT2D eigenvalue weighted by Gasteiger charge is -2.28. The topological polar surface area (TPSA) is 63.8 Å². The van der Waals surface area contributed by atoms with Crippen molar-refractivity contribution in [2.24, 2.45) is 23.5 Å². The molecule has 0 radical (unpaired) electrons. The summed E-state index contributed by atoms with van der Waals surface area (Å²) >= 11 is 4.95. The second-order valence-electron chi connectivity index (χ2n) is 5.90. The monoisotopic (exact) mass is 276 g/mol. The van der Waals surface area contributed by atoms with E-state index in [0.29, 0.717) is 22.7 Å². The molecular formula is C14H20N4S. The number of aromatic nitrogens is 2. The zero-order valence-corrected chi connectivity index (χ0v) is 12.0. The number of anilines is 1. The average Bonchev–Trinajstić information content (AvgIpc) is 3.01. The summed E-state index contributed by atoms with van der Waals surface area (Å²) in [5.74, 6) is 3.26. The molecule has 2 aliphatic rings. The summed E-state index contributed by atoms with van der Waals surface area (Å²) in [5.41, 5.74) is 6.23. The van der Waals surface area contributed by atoms with Gasteiger partial charge in [-0.3, -0.25) is 0 Å². The van der Waals surface area contributed by atoms with Crippen molar-refractivity contribution < 1.29 is 0 Å². The highest BCUT2D eigenvalue weighted by molar-refractivity contribution is 7.80. The molecule has 4 nitrogen and oxygen atoms in total. The second-order valence-corrected chi connectivity index (χ2v) is 6.34. The lowest BCUT2D eigenvalue weighted by molar-refractivity contribution is 0.303. The van der Waals surface area contributed by atoms with Gasteiger partial charge in [0.1, 0.15) is 10.7 Å². The smallest absolute Gasteiger partial charge is 0.223 e. The van der Waals surface area contributed by atoms with Gasteiger partial charge in [0, 0.05) is 12.2 Å². The van der Waals surface area contributed by atoms with Crippen LogP contribution in [0.4, 0.5) is 5.95 Å². The maximum Gasteiger partial charge on any atom is 0.223 e. The molecule has 0 aromatic carbocycles. The molecule has 0 amide bonds. The van der Waals surface area contributed by atoms with Crippen LogP contribution in [0.3, 0.4) is 0 Å². The molecule has 2 aliphatic carbocycles. The molecule has 5 heteroatoms. The lowest BCUT2D eigenvalue weighted by atomic mass is 9.84. The number of nitrogens with zero attached hydrogens (tertiary/aromatic N) is 2. The predicted molar refractivity (Wildman–Crippen MR) is 79.9 cm³/mol. The molecule has 2 fully saturated rings. The van der Waals surface area contributed by atoms with Gasteiger partial charge in [-0.25, -0.2) is 9.97 Å².